The maximum absolute atomic E-state index is 8.58. The van der Waals surface area contributed by atoms with E-state index in [2.05, 4.69) is 22.0 Å². The lowest BCUT2D eigenvalue weighted by molar-refractivity contribution is 1.32. The highest BCUT2D eigenvalue weighted by Gasteiger charge is 2.05. The Morgan fingerprint density at radius 2 is 2.21 bits per heavy atom. The van der Waals surface area contributed by atoms with E-state index in [1.807, 2.05) is 18.2 Å². The molecule has 0 amide bonds. The minimum Gasteiger partial charge on any atom is -0.398 e. The van der Waals surface area contributed by atoms with Crippen LogP contribution >= 0.6 is 27.3 Å². The van der Waals surface area contributed by atoms with Crippen molar-refractivity contribution in [3.63, 3.8) is 0 Å². The Hall–Kier alpha value is -1.05. The van der Waals surface area contributed by atoms with E-state index in [-0.39, 0.29) is 0 Å². The number of rotatable bonds is 1. The summed E-state index contributed by atoms with van der Waals surface area (Å²) in [4.78, 5) is 1.06. The third-order valence-electron chi connectivity index (χ3n) is 1.94. The number of nitrogen functional groups attached to an aromatic ring is 1. The van der Waals surface area contributed by atoms with Gasteiger partial charge in [-0.1, -0.05) is 15.9 Å². The van der Waals surface area contributed by atoms with E-state index >= 15 is 0 Å². The van der Waals surface area contributed by atoms with E-state index in [0.717, 1.165) is 25.1 Å². The fourth-order valence-electron chi connectivity index (χ4n) is 1.35. The summed E-state index contributed by atoms with van der Waals surface area (Å²) >= 11 is 5.01. The molecule has 0 atom stereocenters. The molecule has 2 N–H and O–H groups in total. The van der Waals surface area contributed by atoms with E-state index in [9.17, 15) is 0 Å². The molecule has 70 valence electrons. The molecular weight excluding hydrogens is 260 g/mol. The molecule has 2 rings (SSSR count). The van der Waals surface area contributed by atoms with Gasteiger partial charge in [0, 0.05) is 25.1 Å². The van der Waals surface area contributed by atoms with Crippen molar-refractivity contribution in [1.82, 2.24) is 0 Å². The number of nitriles is 1. The topological polar surface area (TPSA) is 49.8 Å². The lowest BCUT2D eigenvalue weighted by Gasteiger charge is -1.96. The number of hydrogen-bond donors (Lipinski definition) is 1. The van der Waals surface area contributed by atoms with Gasteiger partial charge in [-0.3, -0.25) is 0 Å². The largest absolute Gasteiger partial charge is 0.398 e. The Bertz CT molecular complexity index is 525. The second-order valence-electron chi connectivity index (χ2n) is 2.95. The summed E-state index contributed by atoms with van der Waals surface area (Å²) < 4.78 is 2.11. The van der Waals surface area contributed by atoms with Crippen molar-refractivity contribution in [3.05, 3.63) is 27.5 Å². The average molecular weight is 267 g/mol. The smallest absolute Gasteiger partial charge is 0.0696 e. The van der Waals surface area contributed by atoms with Gasteiger partial charge < -0.3 is 5.73 Å². The standard InChI is InChI=1S/C10H7BrN2S/c11-6-3-9(13)8-5-7(1-2-12)14-10(8)4-6/h3-5H,1,13H2. The van der Waals surface area contributed by atoms with Gasteiger partial charge in [0.2, 0.25) is 0 Å². The zero-order chi connectivity index (χ0) is 10.1. The van der Waals surface area contributed by atoms with Crippen LogP contribution in [0.4, 0.5) is 5.69 Å². The highest BCUT2D eigenvalue weighted by atomic mass is 79.9. The van der Waals surface area contributed by atoms with E-state index in [0.29, 0.717) is 6.42 Å². The molecule has 0 saturated heterocycles. The Balaban J connectivity index is 2.66. The number of halogens is 1. The molecule has 0 aliphatic heterocycles. The van der Waals surface area contributed by atoms with Crippen molar-refractivity contribution < 1.29 is 0 Å². The number of fused-ring (bicyclic) bond motifs is 1. The Morgan fingerprint density at radius 1 is 1.43 bits per heavy atom. The predicted octanol–water partition coefficient (Wildman–Crippen LogP) is 3.31. The van der Waals surface area contributed by atoms with E-state index < -0.39 is 0 Å². The van der Waals surface area contributed by atoms with Crippen LogP contribution in [0.3, 0.4) is 0 Å². The first-order valence-corrected chi connectivity index (χ1v) is 5.66. The van der Waals surface area contributed by atoms with Crippen LogP contribution in [-0.2, 0) is 6.42 Å². The third kappa shape index (κ3) is 1.61. The molecule has 0 aliphatic rings. The summed E-state index contributed by atoms with van der Waals surface area (Å²) in [6.07, 6.45) is 0.455. The van der Waals surface area contributed by atoms with Crippen LogP contribution in [0, 0.1) is 11.3 Å². The Kier molecular flexibility index (Phi) is 2.44. The van der Waals surface area contributed by atoms with E-state index in [1.165, 1.54) is 0 Å². The third-order valence-corrected chi connectivity index (χ3v) is 3.48. The van der Waals surface area contributed by atoms with E-state index in [1.54, 1.807) is 11.3 Å². The molecular formula is C10H7BrN2S. The van der Waals surface area contributed by atoms with Crippen LogP contribution in [0.5, 0.6) is 0 Å². The SMILES string of the molecule is N#CCc1cc2c(N)cc(Br)cc2s1. The quantitative estimate of drug-likeness (QED) is 0.806. The van der Waals surface area contributed by atoms with Crippen molar-refractivity contribution in [2.75, 3.05) is 5.73 Å². The zero-order valence-electron chi connectivity index (χ0n) is 7.25. The second-order valence-corrected chi connectivity index (χ2v) is 5.04. The van der Waals surface area contributed by atoms with Crippen molar-refractivity contribution in [1.29, 1.82) is 5.26 Å². The number of nitrogens with two attached hydrogens (primary N) is 1. The molecule has 0 aliphatic carbocycles. The molecule has 1 aromatic carbocycles. The maximum Gasteiger partial charge on any atom is 0.0696 e. The molecule has 0 radical (unpaired) electrons. The first-order valence-electron chi connectivity index (χ1n) is 4.05. The normalized spacial score (nSPS) is 10.3. The molecule has 0 unspecified atom stereocenters. The zero-order valence-corrected chi connectivity index (χ0v) is 9.65. The van der Waals surface area contributed by atoms with Gasteiger partial charge >= 0.3 is 0 Å². The maximum atomic E-state index is 8.58. The van der Waals surface area contributed by atoms with Crippen molar-refractivity contribution in [2.45, 2.75) is 6.42 Å². The fourth-order valence-corrected chi connectivity index (χ4v) is 3.04. The molecule has 2 nitrogen and oxygen atoms in total. The fraction of sp³-hybridized carbons (Fsp3) is 0.100. The van der Waals surface area contributed by atoms with Gasteiger partial charge in [-0.2, -0.15) is 5.26 Å². The first-order chi connectivity index (χ1) is 6.70. The monoisotopic (exact) mass is 266 g/mol. The molecule has 0 spiro atoms. The van der Waals surface area contributed by atoms with Crippen molar-refractivity contribution in [2.24, 2.45) is 0 Å². The van der Waals surface area contributed by atoms with Crippen molar-refractivity contribution >= 4 is 43.0 Å². The van der Waals surface area contributed by atoms with E-state index in [4.69, 9.17) is 11.0 Å². The van der Waals surface area contributed by atoms with Gasteiger partial charge in [0.05, 0.1) is 12.5 Å². The second kappa shape index (κ2) is 3.60. The molecule has 0 fully saturated rings. The summed E-state index contributed by atoms with van der Waals surface area (Å²) in [6, 6.07) is 8.03. The molecule has 0 bridgehead atoms. The van der Waals surface area contributed by atoms with Crippen LogP contribution < -0.4 is 5.73 Å². The Labute approximate surface area is 94.1 Å². The molecule has 2 aromatic rings. The number of benzene rings is 1. The average Bonchev–Trinajstić information content (AvgIpc) is 2.48. The van der Waals surface area contributed by atoms with Gasteiger partial charge in [-0.05, 0) is 18.2 Å². The number of hydrogen-bond acceptors (Lipinski definition) is 3. The highest BCUT2D eigenvalue weighted by Crippen LogP contribution is 2.33. The van der Waals surface area contributed by atoms with Gasteiger partial charge in [-0.15, -0.1) is 11.3 Å². The lowest BCUT2D eigenvalue weighted by atomic mass is 10.2. The van der Waals surface area contributed by atoms with Crippen LogP contribution in [-0.4, -0.2) is 0 Å². The Morgan fingerprint density at radius 3 is 2.93 bits per heavy atom. The minimum atomic E-state index is 0.455. The van der Waals surface area contributed by atoms with Crippen LogP contribution in [0.25, 0.3) is 10.1 Å². The molecule has 1 aromatic heterocycles. The van der Waals surface area contributed by atoms with Gasteiger partial charge in [0.25, 0.3) is 0 Å². The van der Waals surface area contributed by atoms with Gasteiger partial charge in [0.1, 0.15) is 0 Å². The summed E-state index contributed by atoms with van der Waals surface area (Å²) in [7, 11) is 0. The molecule has 0 saturated carbocycles. The highest BCUT2D eigenvalue weighted by molar-refractivity contribution is 9.10. The number of nitrogens with zero attached hydrogens (tertiary/aromatic N) is 1. The van der Waals surface area contributed by atoms with Gasteiger partial charge in [-0.25, -0.2) is 0 Å². The number of thiophene rings is 1. The summed E-state index contributed by atoms with van der Waals surface area (Å²) in [6.45, 7) is 0. The minimum absolute atomic E-state index is 0.455. The van der Waals surface area contributed by atoms with Gasteiger partial charge in [0.15, 0.2) is 0 Å². The summed E-state index contributed by atoms with van der Waals surface area (Å²) in [5.74, 6) is 0. The van der Waals surface area contributed by atoms with Crippen molar-refractivity contribution in [3.8, 4) is 6.07 Å². The summed E-state index contributed by atoms with van der Waals surface area (Å²) in [5.41, 5.74) is 6.62. The first kappa shape index (κ1) is 9.50. The predicted molar refractivity (Wildman–Crippen MR) is 63.3 cm³/mol. The number of anilines is 1. The molecule has 14 heavy (non-hydrogen) atoms. The lowest BCUT2D eigenvalue weighted by Crippen LogP contribution is -1.84. The van der Waals surface area contributed by atoms with Crippen LogP contribution in [0.1, 0.15) is 4.88 Å². The van der Waals surface area contributed by atoms with Crippen LogP contribution in [0.2, 0.25) is 0 Å². The molecule has 4 heteroatoms. The molecule has 1 heterocycles. The van der Waals surface area contributed by atoms with Crippen LogP contribution in [0.15, 0.2) is 22.7 Å². The summed E-state index contributed by atoms with van der Waals surface area (Å²) in [5, 5.41) is 9.63.